The molecule has 0 aliphatic heterocycles. The minimum absolute atomic E-state index is 0.151. The van der Waals surface area contributed by atoms with Gasteiger partial charge in [-0.05, 0) is 43.5 Å². The van der Waals surface area contributed by atoms with Gasteiger partial charge in [0.1, 0.15) is 4.90 Å². The molecule has 0 saturated heterocycles. The van der Waals surface area contributed by atoms with Crippen LogP contribution in [0, 0.1) is 0 Å². The highest BCUT2D eigenvalue weighted by atomic mass is 35.5. The molecule has 0 atom stereocenters. The average Bonchev–Trinajstić information content (AvgIpc) is 3.26. The fraction of sp³-hybridized carbons (Fsp3) is 0.600. The van der Waals surface area contributed by atoms with Gasteiger partial charge in [0, 0.05) is 19.1 Å². The third kappa shape index (κ3) is 3.97. The second-order valence-corrected chi connectivity index (χ2v) is 7.65. The van der Waals surface area contributed by atoms with Crippen LogP contribution in [0.1, 0.15) is 38.7 Å². The van der Waals surface area contributed by atoms with E-state index < -0.39 is 10.0 Å². The van der Waals surface area contributed by atoms with Crippen LogP contribution in [-0.4, -0.2) is 31.9 Å². The molecule has 1 aliphatic rings. The van der Waals surface area contributed by atoms with E-state index in [4.69, 9.17) is 11.6 Å². The third-order valence-corrected chi connectivity index (χ3v) is 6.11. The van der Waals surface area contributed by atoms with Crippen LogP contribution >= 0.6 is 11.6 Å². The molecule has 1 fully saturated rings. The second kappa shape index (κ2) is 7.09. The molecular formula is C15H23ClN2O2S. The van der Waals surface area contributed by atoms with Crippen molar-refractivity contribution < 1.29 is 8.42 Å². The van der Waals surface area contributed by atoms with Crippen molar-refractivity contribution >= 4 is 21.6 Å². The van der Waals surface area contributed by atoms with Gasteiger partial charge in [-0.25, -0.2) is 8.42 Å². The van der Waals surface area contributed by atoms with Gasteiger partial charge in [-0.15, -0.1) is 0 Å². The van der Waals surface area contributed by atoms with Gasteiger partial charge < -0.3 is 5.32 Å². The van der Waals surface area contributed by atoms with Crippen molar-refractivity contribution in [2.24, 2.45) is 0 Å². The standard InChI is InChI=1S/C15H23ClN2O2S/c1-3-9-17-11-12-5-8-14(16)15(10-12)21(19,20)18(4-2)13-6-7-13/h5,8,10,13,17H,3-4,6-7,9,11H2,1-2H3. The van der Waals surface area contributed by atoms with E-state index in [0.29, 0.717) is 18.1 Å². The molecule has 6 heteroatoms. The number of hydrogen-bond acceptors (Lipinski definition) is 3. The molecule has 0 aromatic heterocycles. The van der Waals surface area contributed by atoms with E-state index in [1.807, 2.05) is 13.0 Å². The number of nitrogens with one attached hydrogen (secondary N) is 1. The number of benzene rings is 1. The highest BCUT2D eigenvalue weighted by Gasteiger charge is 2.37. The maximum absolute atomic E-state index is 12.8. The Morgan fingerprint density at radius 1 is 1.33 bits per heavy atom. The predicted molar refractivity (Wildman–Crippen MR) is 86.0 cm³/mol. The fourth-order valence-corrected chi connectivity index (χ4v) is 4.60. The molecule has 1 saturated carbocycles. The monoisotopic (exact) mass is 330 g/mol. The minimum Gasteiger partial charge on any atom is -0.313 e. The molecule has 0 spiro atoms. The zero-order valence-electron chi connectivity index (χ0n) is 12.6. The van der Waals surface area contributed by atoms with Crippen molar-refractivity contribution in [2.75, 3.05) is 13.1 Å². The topological polar surface area (TPSA) is 49.4 Å². The summed E-state index contributed by atoms with van der Waals surface area (Å²) in [5, 5.41) is 3.58. The van der Waals surface area contributed by atoms with Crippen molar-refractivity contribution in [3.05, 3.63) is 28.8 Å². The molecule has 1 aromatic carbocycles. The molecule has 0 amide bonds. The highest BCUT2D eigenvalue weighted by Crippen LogP contribution is 2.34. The molecule has 4 nitrogen and oxygen atoms in total. The number of halogens is 1. The molecule has 118 valence electrons. The summed E-state index contributed by atoms with van der Waals surface area (Å²) >= 11 is 6.14. The van der Waals surface area contributed by atoms with Crippen molar-refractivity contribution in [1.82, 2.24) is 9.62 Å². The molecule has 2 rings (SSSR count). The van der Waals surface area contributed by atoms with Crippen LogP contribution in [0.5, 0.6) is 0 Å². The highest BCUT2D eigenvalue weighted by molar-refractivity contribution is 7.89. The Bertz CT molecular complexity index is 585. The second-order valence-electron chi connectivity index (χ2n) is 5.38. The Morgan fingerprint density at radius 2 is 2.05 bits per heavy atom. The molecule has 1 aromatic rings. The van der Waals surface area contributed by atoms with Crippen molar-refractivity contribution in [3.8, 4) is 0 Å². The molecule has 1 N–H and O–H groups in total. The van der Waals surface area contributed by atoms with E-state index in [2.05, 4.69) is 12.2 Å². The first-order chi connectivity index (χ1) is 10.0. The van der Waals surface area contributed by atoms with E-state index in [1.54, 1.807) is 16.4 Å². The lowest BCUT2D eigenvalue weighted by atomic mass is 10.2. The predicted octanol–water partition coefficient (Wildman–Crippen LogP) is 3.01. The van der Waals surface area contributed by atoms with Gasteiger partial charge in [0.2, 0.25) is 10.0 Å². The van der Waals surface area contributed by atoms with Gasteiger partial charge in [-0.1, -0.05) is 31.5 Å². The number of nitrogens with zero attached hydrogens (tertiary/aromatic N) is 1. The molecular weight excluding hydrogens is 308 g/mol. The van der Waals surface area contributed by atoms with Crippen LogP contribution in [0.2, 0.25) is 5.02 Å². The van der Waals surface area contributed by atoms with Crippen LogP contribution in [0.3, 0.4) is 0 Å². The number of sulfonamides is 1. The Labute approximate surface area is 132 Å². The van der Waals surface area contributed by atoms with Crippen LogP contribution in [0.4, 0.5) is 0 Å². The van der Waals surface area contributed by atoms with E-state index >= 15 is 0 Å². The largest absolute Gasteiger partial charge is 0.313 e. The Kier molecular flexibility index (Phi) is 5.66. The Hall–Kier alpha value is -0.620. The summed E-state index contributed by atoms with van der Waals surface area (Å²) in [4.78, 5) is 0.230. The smallest absolute Gasteiger partial charge is 0.244 e. The summed E-state index contributed by atoms with van der Waals surface area (Å²) in [6.45, 7) is 6.02. The first kappa shape index (κ1) is 16.7. The summed E-state index contributed by atoms with van der Waals surface area (Å²) in [6.07, 6.45) is 2.94. The zero-order valence-corrected chi connectivity index (χ0v) is 14.2. The first-order valence-corrected chi connectivity index (χ1v) is 9.33. The van der Waals surface area contributed by atoms with Gasteiger partial charge in [0.25, 0.3) is 0 Å². The molecule has 1 aliphatic carbocycles. The van der Waals surface area contributed by atoms with Crippen LogP contribution < -0.4 is 5.32 Å². The van der Waals surface area contributed by atoms with E-state index in [-0.39, 0.29) is 10.9 Å². The normalized spacial score (nSPS) is 15.6. The third-order valence-electron chi connectivity index (χ3n) is 3.60. The molecule has 0 radical (unpaired) electrons. The zero-order chi connectivity index (χ0) is 15.5. The summed E-state index contributed by atoms with van der Waals surface area (Å²) in [5.41, 5.74) is 0.943. The Balaban J connectivity index is 2.26. The first-order valence-electron chi connectivity index (χ1n) is 7.51. The molecule has 0 heterocycles. The van der Waals surface area contributed by atoms with Crippen molar-refractivity contribution in [1.29, 1.82) is 0 Å². The SMILES string of the molecule is CCCNCc1ccc(Cl)c(S(=O)(=O)N(CC)C2CC2)c1. The van der Waals surface area contributed by atoms with Crippen LogP contribution in [0.25, 0.3) is 0 Å². The quantitative estimate of drug-likeness (QED) is 0.745. The summed E-state index contributed by atoms with van der Waals surface area (Å²) in [5.74, 6) is 0. The van der Waals surface area contributed by atoms with E-state index in [1.165, 1.54) is 0 Å². The average molecular weight is 331 g/mol. The number of rotatable bonds is 8. The van der Waals surface area contributed by atoms with Crippen LogP contribution in [0.15, 0.2) is 23.1 Å². The van der Waals surface area contributed by atoms with Gasteiger partial charge >= 0.3 is 0 Å². The van der Waals surface area contributed by atoms with Gasteiger partial charge in [0.05, 0.1) is 5.02 Å². The molecule has 21 heavy (non-hydrogen) atoms. The number of hydrogen-bond donors (Lipinski definition) is 1. The lowest BCUT2D eigenvalue weighted by Gasteiger charge is -2.21. The van der Waals surface area contributed by atoms with Gasteiger partial charge in [-0.3, -0.25) is 0 Å². The fourth-order valence-electron chi connectivity index (χ4n) is 2.38. The van der Waals surface area contributed by atoms with E-state index in [0.717, 1.165) is 31.4 Å². The maximum Gasteiger partial charge on any atom is 0.244 e. The lowest BCUT2D eigenvalue weighted by Crippen LogP contribution is -2.33. The molecule has 0 bridgehead atoms. The lowest BCUT2D eigenvalue weighted by molar-refractivity contribution is 0.421. The molecule has 0 unspecified atom stereocenters. The van der Waals surface area contributed by atoms with E-state index in [9.17, 15) is 8.42 Å². The summed E-state index contributed by atoms with van der Waals surface area (Å²) in [6, 6.07) is 5.40. The summed E-state index contributed by atoms with van der Waals surface area (Å²) in [7, 11) is -3.50. The minimum atomic E-state index is -3.50. The Morgan fingerprint density at radius 3 is 2.62 bits per heavy atom. The van der Waals surface area contributed by atoms with Crippen LogP contribution in [-0.2, 0) is 16.6 Å². The maximum atomic E-state index is 12.8. The van der Waals surface area contributed by atoms with Crippen molar-refractivity contribution in [2.45, 2.75) is 50.6 Å². The van der Waals surface area contributed by atoms with Crippen molar-refractivity contribution in [3.63, 3.8) is 0 Å². The summed E-state index contributed by atoms with van der Waals surface area (Å²) < 4.78 is 27.1. The van der Waals surface area contributed by atoms with Gasteiger partial charge in [-0.2, -0.15) is 4.31 Å². The van der Waals surface area contributed by atoms with Gasteiger partial charge in [0.15, 0.2) is 0 Å².